The number of amides is 2. The van der Waals surface area contributed by atoms with Gasteiger partial charge in [-0.3, -0.25) is 9.59 Å². The van der Waals surface area contributed by atoms with Crippen molar-refractivity contribution in [2.45, 2.75) is 13.0 Å². The lowest BCUT2D eigenvalue weighted by molar-refractivity contribution is -0.139. The Morgan fingerprint density at radius 2 is 1.65 bits per heavy atom. The summed E-state index contributed by atoms with van der Waals surface area (Å²) in [5, 5.41) is 5.74. The van der Waals surface area contributed by atoms with Gasteiger partial charge in [0.05, 0.1) is 14.2 Å². The normalized spacial score (nSPS) is 10.1. The van der Waals surface area contributed by atoms with E-state index in [0.717, 1.165) is 11.1 Å². The number of carbonyl (C=O) groups is 2. The molecule has 0 spiro atoms. The van der Waals surface area contributed by atoms with E-state index in [1.807, 2.05) is 18.2 Å². The summed E-state index contributed by atoms with van der Waals surface area (Å²) in [5.41, 5.74) is 1.78. The number of carbonyl (C=O) groups excluding carboxylic acids is 2. The van der Waals surface area contributed by atoms with Gasteiger partial charge in [0, 0.05) is 18.1 Å². The third-order valence-corrected chi connectivity index (χ3v) is 3.93. The Hall–Kier alpha value is -2.73. The largest absolute Gasteiger partial charge is 0.493 e. The van der Waals surface area contributed by atoms with Crippen LogP contribution in [-0.4, -0.2) is 32.6 Å². The molecule has 0 aliphatic heterocycles. The molecule has 26 heavy (non-hydrogen) atoms. The van der Waals surface area contributed by atoms with E-state index in [1.165, 1.54) is 0 Å². The first-order chi connectivity index (χ1) is 12.5. The average molecular weight is 377 g/mol. The summed E-state index contributed by atoms with van der Waals surface area (Å²) in [6.07, 6.45) is 0.563. The molecule has 2 N–H and O–H groups in total. The topological polar surface area (TPSA) is 76.7 Å². The number of hydrogen-bond donors (Lipinski definition) is 2. The van der Waals surface area contributed by atoms with E-state index in [2.05, 4.69) is 10.6 Å². The Morgan fingerprint density at radius 1 is 0.923 bits per heavy atom. The van der Waals surface area contributed by atoms with Gasteiger partial charge in [0.2, 0.25) is 0 Å². The summed E-state index contributed by atoms with van der Waals surface area (Å²) in [7, 11) is 3.13. The van der Waals surface area contributed by atoms with Crippen LogP contribution in [0.5, 0.6) is 11.5 Å². The first kappa shape index (κ1) is 19.6. The van der Waals surface area contributed by atoms with Crippen LogP contribution < -0.4 is 20.1 Å². The van der Waals surface area contributed by atoms with E-state index in [4.69, 9.17) is 21.1 Å². The molecule has 2 aromatic rings. The molecule has 2 aromatic carbocycles. The zero-order valence-corrected chi connectivity index (χ0v) is 15.4. The molecule has 0 radical (unpaired) electrons. The van der Waals surface area contributed by atoms with Crippen molar-refractivity contribution in [1.29, 1.82) is 0 Å². The van der Waals surface area contributed by atoms with Crippen molar-refractivity contribution in [2.24, 2.45) is 0 Å². The second-order valence-corrected chi connectivity index (χ2v) is 5.94. The van der Waals surface area contributed by atoms with Crippen LogP contribution in [0.15, 0.2) is 42.5 Å². The van der Waals surface area contributed by atoms with Gasteiger partial charge in [-0.2, -0.15) is 0 Å². The monoisotopic (exact) mass is 376 g/mol. The molecule has 0 unspecified atom stereocenters. The number of hydrogen-bond acceptors (Lipinski definition) is 4. The number of halogens is 1. The third kappa shape index (κ3) is 5.67. The van der Waals surface area contributed by atoms with Crippen LogP contribution in [0, 0.1) is 0 Å². The maximum atomic E-state index is 11.9. The molecule has 0 saturated carbocycles. The second-order valence-electron chi connectivity index (χ2n) is 5.51. The highest BCUT2D eigenvalue weighted by Crippen LogP contribution is 2.27. The summed E-state index contributed by atoms with van der Waals surface area (Å²) in [5.74, 6) is -0.0962. The standard InChI is InChI=1S/C19H21ClN2O4/c1-25-16-7-6-13(11-17(16)26-2)8-9-21-18(23)19(24)22-12-14-4-3-5-15(20)10-14/h3-7,10-11H,8-9,12H2,1-2H3,(H,21,23)(H,22,24). The highest BCUT2D eigenvalue weighted by Gasteiger charge is 2.12. The Bertz CT molecular complexity index is 780. The summed E-state index contributed by atoms with van der Waals surface area (Å²) >= 11 is 5.88. The minimum Gasteiger partial charge on any atom is -0.493 e. The average Bonchev–Trinajstić information content (AvgIpc) is 2.65. The highest BCUT2D eigenvalue weighted by molar-refractivity contribution is 6.35. The van der Waals surface area contributed by atoms with Crippen LogP contribution in [-0.2, 0) is 22.6 Å². The van der Waals surface area contributed by atoms with Crippen LogP contribution in [0.25, 0.3) is 0 Å². The van der Waals surface area contributed by atoms with Crippen molar-refractivity contribution in [3.05, 3.63) is 58.6 Å². The van der Waals surface area contributed by atoms with Crippen LogP contribution >= 0.6 is 11.6 Å². The number of ether oxygens (including phenoxy) is 2. The van der Waals surface area contributed by atoms with E-state index in [9.17, 15) is 9.59 Å². The predicted octanol–water partition coefficient (Wildman–Crippen LogP) is 2.33. The Labute approximate surface area is 157 Å². The van der Waals surface area contributed by atoms with E-state index in [0.29, 0.717) is 29.5 Å². The maximum Gasteiger partial charge on any atom is 0.309 e. The molecule has 0 aromatic heterocycles. The van der Waals surface area contributed by atoms with Gasteiger partial charge in [-0.1, -0.05) is 29.8 Å². The van der Waals surface area contributed by atoms with Crippen molar-refractivity contribution >= 4 is 23.4 Å². The van der Waals surface area contributed by atoms with E-state index >= 15 is 0 Å². The third-order valence-electron chi connectivity index (χ3n) is 3.70. The molecule has 2 rings (SSSR count). The van der Waals surface area contributed by atoms with E-state index in [-0.39, 0.29) is 6.54 Å². The fourth-order valence-electron chi connectivity index (χ4n) is 2.35. The van der Waals surface area contributed by atoms with Gasteiger partial charge in [-0.25, -0.2) is 0 Å². The Balaban J connectivity index is 1.78. The lowest BCUT2D eigenvalue weighted by atomic mass is 10.1. The molecule has 0 bridgehead atoms. The SMILES string of the molecule is COc1ccc(CCNC(=O)C(=O)NCc2cccc(Cl)c2)cc1OC. The lowest BCUT2D eigenvalue weighted by Gasteiger charge is -2.10. The molecule has 0 aliphatic rings. The fourth-order valence-corrected chi connectivity index (χ4v) is 2.56. The summed E-state index contributed by atoms with van der Waals surface area (Å²) in [6, 6.07) is 12.6. The van der Waals surface area contributed by atoms with Gasteiger partial charge in [0.1, 0.15) is 0 Å². The summed E-state index contributed by atoms with van der Waals surface area (Å²) in [4.78, 5) is 23.7. The number of nitrogens with one attached hydrogen (secondary N) is 2. The zero-order chi connectivity index (χ0) is 18.9. The van der Waals surface area contributed by atoms with Gasteiger partial charge < -0.3 is 20.1 Å². The minimum atomic E-state index is -0.683. The quantitative estimate of drug-likeness (QED) is 0.727. The van der Waals surface area contributed by atoms with Crippen molar-refractivity contribution in [1.82, 2.24) is 10.6 Å². The molecule has 2 amide bonds. The van der Waals surface area contributed by atoms with Crippen LogP contribution in [0.3, 0.4) is 0 Å². The Kier molecular flexibility index (Phi) is 7.29. The van der Waals surface area contributed by atoms with Gasteiger partial charge in [-0.15, -0.1) is 0 Å². The first-order valence-electron chi connectivity index (χ1n) is 8.05. The maximum absolute atomic E-state index is 11.9. The van der Waals surface area contributed by atoms with E-state index < -0.39 is 11.8 Å². The zero-order valence-electron chi connectivity index (χ0n) is 14.7. The van der Waals surface area contributed by atoms with Crippen LogP contribution in [0.2, 0.25) is 5.02 Å². The number of methoxy groups -OCH3 is 2. The first-order valence-corrected chi connectivity index (χ1v) is 8.42. The Morgan fingerprint density at radius 3 is 2.35 bits per heavy atom. The molecule has 0 heterocycles. The molecule has 0 fully saturated rings. The predicted molar refractivity (Wildman–Crippen MR) is 99.6 cm³/mol. The van der Waals surface area contributed by atoms with Crippen LogP contribution in [0.1, 0.15) is 11.1 Å². The molecule has 7 heteroatoms. The minimum absolute atomic E-state index is 0.239. The molecule has 0 aliphatic carbocycles. The molecule has 138 valence electrons. The molecule has 0 saturated heterocycles. The van der Waals surface area contributed by atoms with Gasteiger partial charge >= 0.3 is 11.8 Å². The summed E-state index contributed by atoms with van der Waals surface area (Å²) < 4.78 is 10.4. The van der Waals surface area contributed by atoms with Crippen molar-refractivity contribution in [3.8, 4) is 11.5 Å². The van der Waals surface area contributed by atoms with Crippen molar-refractivity contribution in [2.75, 3.05) is 20.8 Å². The molecule has 0 atom stereocenters. The number of rotatable bonds is 7. The van der Waals surface area contributed by atoms with E-state index in [1.54, 1.807) is 38.5 Å². The molecular weight excluding hydrogens is 356 g/mol. The van der Waals surface area contributed by atoms with Crippen molar-refractivity contribution < 1.29 is 19.1 Å². The van der Waals surface area contributed by atoms with Gasteiger partial charge in [-0.05, 0) is 41.8 Å². The summed E-state index contributed by atoms with van der Waals surface area (Å²) in [6.45, 7) is 0.571. The van der Waals surface area contributed by atoms with Crippen LogP contribution in [0.4, 0.5) is 0 Å². The van der Waals surface area contributed by atoms with Gasteiger partial charge in [0.25, 0.3) is 0 Å². The smallest absolute Gasteiger partial charge is 0.309 e. The molecular formula is C19H21ClN2O4. The van der Waals surface area contributed by atoms with Crippen molar-refractivity contribution in [3.63, 3.8) is 0 Å². The number of benzene rings is 2. The molecule has 6 nitrogen and oxygen atoms in total. The lowest BCUT2D eigenvalue weighted by Crippen LogP contribution is -2.40. The fraction of sp³-hybridized carbons (Fsp3) is 0.263. The second kappa shape index (κ2) is 9.68. The van der Waals surface area contributed by atoms with Gasteiger partial charge in [0.15, 0.2) is 11.5 Å². The highest BCUT2D eigenvalue weighted by atomic mass is 35.5.